The highest BCUT2D eigenvalue weighted by molar-refractivity contribution is 6.31. The fraction of sp³-hybridized carbons (Fsp3) is 0.158. The number of halogens is 4. The number of carbonyl (C=O) groups is 2. The van der Waals surface area contributed by atoms with Crippen molar-refractivity contribution in [3.8, 4) is 0 Å². The molecule has 5 nitrogen and oxygen atoms in total. The number of hydrogen-bond donors (Lipinski definition) is 3. The van der Waals surface area contributed by atoms with E-state index in [0.29, 0.717) is 10.6 Å². The van der Waals surface area contributed by atoms with E-state index in [-0.39, 0.29) is 17.0 Å². The molecule has 3 rings (SSSR count). The third-order valence-electron chi connectivity index (χ3n) is 4.18. The minimum Gasteiger partial charge on any atom is -0.327 e. The first-order valence-corrected chi connectivity index (χ1v) is 8.56. The number of alkyl halides is 3. The van der Waals surface area contributed by atoms with Crippen LogP contribution < -0.4 is 16.0 Å². The van der Waals surface area contributed by atoms with Crippen LogP contribution in [-0.2, 0) is 11.0 Å². The minimum absolute atomic E-state index is 0.0186. The van der Waals surface area contributed by atoms with E-state index in [4.69, 9.17) is 11.6 Å². The third kappa shape index (κ3) is 4.12. The lowest BCUT2D eigenvalue weighted by Gasteiger charge is -2.29. The van der Waals surface area contributed by atoms with Crippen molar-refractivity contribution in [2.45, 2.75) is 19.1 Å². The summed E-state index contributed by atoms with van der Waals surface area (Å²) in [5.41, 5.74) is 0.0134. The van der Waals surface area contributed by atoms with Crippen LogP contribution in [0.15, 0.2) is 59.8 Å². The van der Waals surface area contributed by atoms with Gasteiger partial charge in [0.2, 0.25) is 0 Å². The fourth-order valence-corrected chi connectivity index (χ4v) is 3.15. The van der Waals surface area contributed by atoms with E-state index in [9.17, 15) is 22.8 Å². The van der Waals surface area contributed by atoms with Crippen molar-refractivity contribution in [2.24, 2.45) is 0 Å². The number of amides is 3. The fourth-order valence-electron chi connectivity index (χ4n) is 2.91. The van der Waals surface area contributed by atoms with E-state index >= 15 is 0 Å². The third-order valence-corrected chi connectivity index (χ3v) is 4.52. The normalized spacial score (nSPS) is 17.0. The van der Waals surface area contributed by atoms with Crippen LogP contribution in [0.25, 0.3) is 0 Å². The van der Waals surface area contributed by atoms with Gasteiger partial charge >= 0.3 is 12.2 Å². The monoisotopic (exact) mass is 409 g/mol. The van der Waals surface area contributed by atoms with Crippen LogP contribution in [0.1, 0.15) is 24.1 Å². The molecule has 3 amide bonds. The van der Waals surface area contributed by atoms with E-state index in [1.807, 2.05) is 0 Å². The maximum absolute atomic E-state index is 12.9. The second kappa shape index (κ2) is 7.55. The molecule has 2 aromatic rings. The van der Waals surface area contributed by atoms with Gasteiger partial charge in [0.25, 0.3) is 5.91 Å². The minimum atomic E-state index is -4.53. The maximum atomic E-state index is 12.9. The molecule has 146 valence electrons. The Kier molecular flexibility index (Phi) is 5.33. The molecule has 0 fully saturated rings. The van der Waals surface area contributed by atoms with Crippen molar-refractivity contribution in [1.82, 2.24) is 10.6 Å². The molecule has 0 spiro atoms. The molecule has 2 aromatic carbocycles. The Morgan fingerprint density at radius 1 is 1.14 bits per heavy atom. The average molecular weight is 410 g/mol. The summed E-state index contributed by atoms with van der Waals surface area (Å²) in [5, 5.41) is 7.92. The molecule has 9 heteroatoms. The molecule has 1 aliphatic rings. The predicted molar refractivity (Wildman–Crippen MR) is 98.6 cm³/mol. The molecular formula is C19H15ClF3N3O2. The Balaban J connectivity index is 1.95. The number of urea groups is 1. The van der Waals surface area contributed by atoms with E-state index in [1.54, 1.807) is 24.3 Å². The lowest BCUT2D eigenvalue weighted by Crippen LogP contribution is -2.46. The molecule has 1 atom stereocenters. The second-order valence-corrected chi connectivity index (χ2v) is 6.53. The van der Waals surface area contributed by atoms with Gasteiger partial charge in [-0.1, -0.05) is 35.9 Å². The maximum Gasteiger partial charge on any atom is 0.416 e. The zero-order valence-electron chi connectivity index (χ0n) is 14.5. The quantitative estimate of drug-likeness (QED) is 0.692. The lowest BCUT2D eigenvalue weighted by molar-refractivity contribution is -0.137. The molecule has 1 aliphatic heterocycles. The van der Waals surface area contributed by atoms with Crippen LogP contribution in [0.4, 0.5) is 23.7 Å². The van der Waals surface area contributed by atoms with E-state index in [1.165, 1.54) is 19.1 Å². The number of benzene rings is 2. The van der Waals surface area contributed by atoms with Crippen molar-refractivity contribution in [2.75, 3.05) is 5.32 Å². The number of rotatable bonds is 3. The van der Waals surface area contributed by atoms with Gasteiger partial charge in [0.05, 0.1) is 17.2 Å². The van der Waals surface area contributed by atoms with Gasteiger partial charge in [-0.25, -0.2) is 4.79 Å². The van der Waals surface area contributed by atoms with Gasteiger partial charge in [0.1, 0.15) is 0 Å². The summed E-state index contributed by atoms with van der Waals surface area (Å²) in [4.78, 5) is 24.7. The van der Waals surface area contributed by atoms with Gasteiger partial charge in [0.15, 0.2) is 0 Å². The van der Waals surface area contributed by atoms with Crippen molar-refractivity contribution in [3.05, 3.63) is 76.0 Å². The lowest BCUT2D eigenvalue weighted by atomic mass is 9.94. The highest BCUT2D eigenvalue weighted by Gasteiger charge is 2.33. The molecule has 0 saturated carbocycles. The van der Waals surface area contributed by atoms with Gasteiger partial charge in [-0.3, -0.25) is 4.79 Å². The highest BCUT2D eigenvalue weighted by Crippen LogP contribution is 2.33. The molecule has 0 saturated heterocycles. The Morgan fingerprint density at radius 3 is 2.54 bits per heavy atom. The zero-order chi connectivity index (χ0) is 20.5. The summed E-state index contributed by atoms with van der Waals surface area (Å²) in [6, 6.07) is 9.61. The van der Waals surface area contributed by atoms with E-state index < -0.39 is 29.7 Å². The summed E-state index contributed by atoms with van der Waals surface area (Å²) >= 11 is 6.20. The van der Waals surface area contributed by atoms with Crippen molar-refractivity contribution >= 4 is 29.2 Å². The van der Waals surface area contributed by atoms with Crippen molar-refractivity contribution < 1.29 is 22.8 Å². The van der Waals surface area contributed by atoms with Gasteiger partial charge in [-0.2, -0.15) is 13.2 Å². The van der Waals surface area contributed by atoms with Crippen LogP contribution in [0.2, 0.25) is 5.02 Å². The van der Waals surface area contributed by atoms with Crippen LogP contribution in [0.5, 0.6) is 0 Å². The van der Waals surface area contributed by atoms with E-state index in [2.05, 4.69) is 16.0 Å². The van der Waals surface area contributed by atoms with Gasteiger partial charge in [-0.15, -0.1) is 0 Å². The highest BCUT2D eigenvalue weighted by atomic mass is 35.5. The van der Waals surface area contributed by atoms with Crippen LogP contribution in [0, 0.1) is 0 Å². The standard InChI is InChI=1S/C19H15ClF3N3O2/c1-10-15(16(26-18(28)24-10)13-7-2-3-8-14(13)20)17(27)25-12-6-4-5-11(9-12)19(21,22)23/h2-9,16H,1H3,(H,25,27)(H2,24,26,28)/t16-/m1/s1. The first-order chi connectivity index (χ1) is 13.2. The molecule has 1 heterocycles. The first kappa shape index (κ1) is 19.8. The average Bonchev–Trinajstić information content (AvgIpc) is 2.60. The van der Waals surface area contributed by atoms with Crippen LogP contribution >= 0.6 is 11.6 Å². The molecule has 0 bridgehead atoms. The predicted octanol–water partition coefficient (Wildman–Crippen LogP) is 4.63. The van der Waals surface area contributed by atoms with Gasteiger partial charge in [-0.05, 0) is 36.8 Å². The summed E-state index contributed by atoms with van der Waals surface area (Å²) < 4.78 is 38.7. The Hall–Kier alpha value is -3.00. The summed E-state index contributed by atoms with van der Waals surface area (Å²) in [7, 11) is 0. The van der Waals surface area contributed by atoms with E-state index in [0.717, 1.165) is 12.1 Å². The van der Waals surface area contributed by atoms with Crippen molar-refractivity contribution in [1.29, 1.82) is 0 Å². The molecule has 0 aliphatic carbocycles. The smallest absolute Gasteiger partial charge is 0.327 e. The number of nitrogens with one attached hydrogen (secondary N) is 3. The number of hydrogen-bond acceptors (Lipinski definition) is 2. The number of anilines is 1. The Labute approximate surface area is 163 Å². The second-order valence-electron chi connectivity index (χ2n) is 6.12. The molecular weight excluding hydrogens is 395 g/mol. The summed E-state index contributed by atoms with van der Waals surface area (Å²) in [6.45, 7) is 1.53. The summed E-state index contributed by atoms with van der Waals surface area (Å²) in [6.07, 6.45) is -4.53. The molecule has 0 radical (unpaired) electrons. The van der Waals surface area contributed by atoms with Gasteiger partial charge < -0.3 is 16.0 Å². The zero-order valence-corrected chi connectivity index (χ0v) is 15.3. The SMILES string of the molecule is CC1=C(C(=O)Nc2cccc(C(F)(F)F)c2)[C@@H](c2ccccc2Cl)NC(=O)N1. The van der Waals surface area contributed by atoms with Gasteiger partial charge in [0, 0.05) is 16.4 Å². The largest absolute Gasteiger partial charge is 0.416 e. The molecule has 0 unspecified atom stereocenters. The molecule has 28 heavy (non-hydrogen) atoms. The molecule has 3 N–H and O–H groups in total. The topological polar surface area (TPSA) is 70.2 Å². The van der Waals surface area contributed by atoms with Crippen LogP contribution in [0.3, 0.4) is 0 Å². The molecule has 0 aromatic heterocycles. The number of carbonyl (C=O) groups excluding carboxylic acids is 2. The summed E-state index contributed by atoms with van der Waals surface area (Å²) in [5.74, 6) is -0.658. The first-order valence-electron chi connectivity index (χ1n) is 8.18. The number of allylic oxidation sites excluding steroid dienone is 1. The van der Waals surface area contributed by atoms with Crippen LogP contribution in [-0.4, -0.2) is 11.9 Å². The van der Waals surface area contributed by atoms with Crippen molar-refractivity contribution in [3.63, 3.8) is 0 Å². The Bertz CT molecular complexity index is 973. The Morgan fingerprint density at radius 2 is 1.86 bits per heavy atom.